The number of morpholine rings is 1. The van der Waals surface area contributed by atoms with Gasteiger partial charge in [0.15, 0.2) is 0 Å². The van der Waals surface area contributed by atoms with E-state index in [0.717, 1.165) is 18.4 Å². The molecule has 0 aromatic heterocycles. The maximum absolute atomic E-state index is 11.8. The van der Waals surface area contributed by atoms with Gasteiger partial charge in [0.1, 0.15) is 6.10 Å². The molecule has 1 saturated carbocycles. The van der Waals surface area contributed by atoms with Crippen molar-refractivity contribution in [1.29, 1.82) is 0 Å². The average Bonchev–Trinajstić information content (AvgIpc) is 2.69. The summed E-state index contributed by atoms with van der Waals surface area (Å²) in [5.74, 6) is -0.501. The van der Waals surface area contributed by atoms with Gasteiger partial charge in [0, 0.05) is 19.0 Å². The van der Waals surface area contributed by atoms with Crippen molar-refractivity contribution < 1.29 is 24.3 Å². The number of ether oxygens (including phenoxy) is 1. The van der Waals surface area contributed by atoms with Crippen LogP contribution in [-0.2, 0) is 15.7 Å². The highest BCUT2D eigenvalue weighted by molar-refractivity contribution is 7.25. The van der Waals surface area contributed by atoms with Gasteiger partial charge in [-0.25, -0.2) is 4.79 Å². The molecule has 2 aliphatic rings. The molecule has 2 fully saturated rings. The molecule has 1 aromatic rings. The molecule has 0 radical (unpaired) electrons. The van der Waals surface area contributed by atoms with Gasteiger partial charge in [0.2, 0.25) is 0 Å². The second-order valence-corrected chi connectivity index (χ2v) is 8.94. The lowest BCUT2D eigenvalue weighted by Gasteiger charge is -2.36. The number of carboxylic acids is 1. The van der Waals surface area contributed by atoms with Gasteiger partial charge in [-0.3, -0.25) is 0 Å². The van der Waals surface area contributed by atoms with Gasteiger partial charge in [-0.15, -0.1) is 0 Å². The highest BCUT2D eigenvalue weighted by Crippen LogP contribution is 2.39. The van der Waals surface area contributed by atoms with Gasteiger partial charge in [0.05, 0.1) is 12.2 Å². The summed E-state index contributed by atoms with van der Waals surface area (Å²) in [4.78, 5) is 10.9. The Balaban J connectivity index is 1.52. The van der Waals surface area contributed by atoms with Crippen molar-refractivity contribution >= 4 is 14.4 Å². The van der Waals surface area contributed by atoms with Crippen LogP contribution in [0, 0.1) is 5.92 Å². The van der Waals surface area contributed by atoms with Crippen LogP contribution in [0.15, 0.2) is 24.3 Å². The van der Waals surface area contributed by atoms with Crippen molar-refractivity contribution in [3.05, 3.63) is 35.4 Å². The number of hydrogen-bond donors (Lipinski definition) is 3. The summed E-state index contributed by atoms with van der Waals surface area (Å²) in [6, 6.07) is 6.92. The fourth-order valence-electron chi connectivity index (χ4n) is 4.20. The predicted molar refractivity (Wildman–Crippen MR) is 104 cm³/mol. The minimum Gasteiger partial charge on any atom is -0.478 e. The molecule has 1 saturated heterocycles. The normalized spacial score (nSPS) is 26.6. The first-order valence-corrected chi connectivity index (χ1v) is 10.7. The van der Waals surface area contributed by atoms with E-state index in [4.69, 9.17) is 9.84 Å². The van der Waals surface area contributed by atoms with Gasteiger partial charge < -0.3 is 20.3 Å². The minimum atomic E-state index is -1.27. The largest absolute Gasteiger partial charge is 0.478 e. The van der Waals surface area contributed by atoms with Crippen LogP contribution >= 0.6 is 8.46 Å². The fraction of sp³-hybridized carbons (Fsp3) is 0.650. The Bertz CT molecular complexity index is 638. The van der Waals surface area contributed by atoms with E-state index in [1.165, 1.54) is 19.3 Å². The van der Waals surface area contributed by atoms with Gasteiger partial charge in [-0.2, -0.15) is 0 Å². The Kier molecular flexibility index (Phi) is 6.99. The Hall–Kier alpha value is -1.33. The number of aromatic carboxylic acids is 1. The van der Waals surface area contributed by atoms with Gasteiger partial charge >= 0.3 is 14.4 Å². The second-order valence-electron chi connectivity index (χ2n) is 7.87. The molecule has 0 amide bonds. The van der Waals surface area contributed by atoms with Crippen molar-refractivity contribution in [2.45, 2.75) is 62.4 Å². The molecular formula is C20H29NO5P+. The van der Waals surface area contributed by atoms with Gasteiger partial charge in [-0.1, -0.05) is 48.8 Å². The summed E-state index contributed by atoms with van der Waals surface area (Å²) in [5.41, 5.74) is 1.30. The standard InChI is InChI=1S/C20H28NO5P/c22-19(23)16-8-6-14(7-9-16)10-17-13-26-18(12-21-17)20(24,27-25)11-15-4-2-1-3-5-15/h6-9,15,17-18,21,24H,1-5,10-13H2,(H,22,23)/p+1/t17-,18+,20?/m1/s1. The van der Waals surface area contributed by atoms with Crippen LogP contribution in [0.2, 0.25) is 0 Å². The molecule has 0 spiro atoms. The fourth-order valence-corrected chi connectivity index (χ4v) is 4.89. The van der Waals surface area contributed by atoms with Crippen molar-refractivity contribution in [1.82, 2.24) is 5.32 Å². The van der Waals surface area contributed by atoms with Crippen molar-refractivity contribution in [2.24, 2.45) is 5.92 Å². The first kappa shape index (κ1) is 20.4. The molecule has 1 heterocycles. The molecule has 6 nitrogen and oxygen atoms in total. The van der Waals surface area contributed by atoms with Crippen LogP contribution in [0.3, 0.4) is 0 Å². The third-order valence-electron chi connectivity index (χ3n) is 5.81. The molecule has 4 atom stereocenters. The number of hydrogen-bond acceptors (Lipinski definition) is 5. The zero-order chi connectivity index (χ0) is 19.3. The van der Waals surface area contributed by atoms with Crippen LogP contribution in [0.1, 0.15) is 54.4 Å². The Morgan fingerprint density at radius 1 is 1.22 bits per heavy atom. The molecular weight excluding hydrogens is 365 g/mol. The quantitative estimate of drug-likeness (QED) is 0.616. The van der Waals surface area contributed by atoms with Crippen molar-refractivity contribution in [3.63, 3.8) is 0 Å². The van der Waals surface area contributed by atoms with E-state index in [0.29, 0.717) is 31.9 Å². The first-order chi connectivity index (χ1) is 13.0. The maximum Gasteiger partial charge on any atom is 0.362 e. The number of carbonyl (C=O) groups is 1. The lowest BCUT2D eigenvalue weighted by Crippen LogP contribution is -2.55. The van der Waals surface area contributed by atoms with E-state index in [2.05, 4.69) is 5.32 Å². The number of aliphatic hydroxyl groups is 1. The summed E-state index contributed by atoms with van der Waals surface area (Å²) in [7, 11) is -0.796. The molecule has 2 unspecified atom stereocenters. The molecule has 3 rings (SSSR count). The molecule has 7 heteroatoms. The molecule has 3 N–H and O–H groups in total. The van der Waals surface area contributed by atoms with Crippen LogP contribution in [0.5, 0.6) is 0 Å². The number of carboxylic acid groups (broad SMARTS) is 1. The van der Waals surface area contributed by atoms with Crippen LogP contribution < -0.4 is 5.32 Å². The first-order valence-electron chi connectivity index (χ1n) is 9.79. The minimum absolute atomic E-state index is 0.0887. The lowest BCUT2D eigenvalue weighted by atomic mass is 9.84. The van der Waals surface area contributed by atoms with E-state index in [1.807, 2.05) is 12.1 Å². The summed E-state index contributed by atoms with van der Waals surface area (Å²) in [6.07, 6.45) is 6.64. The van der Waals surface area contributed by atoms with E-state index in [1.54, 1.807) is 12.1 Å². The van der Waals surface area contributed by atoms with Gasteiger partial charge in [-0.05, 0) is 30.0 Å². The highest BCUT2D eigenvalue weighted by atomic mass is 31.1. The molecule has 1 aliphatic carbocycles. The number of nitrogens with one attached hydrogen (secondary N) is 1. The Morgan fingerprint density at radius 2 is 1.93 bits per heavy atom. The average molecular weight is 394 g/mol. The SMILES string of the molecule is O=[PH+]C(O)(CC1CCCCC1)[C@@H]1CN[C@H](Cc2ccc(C(=O)O)cc2)CO1. The smallest absolute Gasteiger partial charge is 0.362 e. The van der Waals surface area contributed by atoms with Gasteiger partial charge in [0.25, 0.3) is 5.34 Å². The van der Waals surface area contributed by atoms with Crippen LogP contribution in [0.4, 0.5) is 0 Å². The zero-order valence-corrected chi connectivity index (χ0v) is 16.5. The molecule has 148 valence electrons. The number of benzene rings is 1. The monoisotopic (exact) mass is 394 g/mol. The van der Waals surface area contributed by atoms with E-state index >= 15 is 0 Å². The van der Waals surface area contributed by atoms with Crippen LogP contribution in [0.25, 0.3) is 0 Å². The summed E-state index contributed by atoms with van der Waals surface area (Å²) >= 11 is 0. The molecule has 27 heavy (non-hydrogen) atoms. The maximum atomic E-state index is 11.8. The topological polar surface area (TPSA) is 95.9 Å². The van der Waals surface area contributed by atoms with Crippen molar-refractivity contribution in [2.75, 3.05) is 13.2 Å². The van der Waals surface area contributed by atoms with Crippen molar-refractivity contribution in [3.8, 4) is 0 Å². The van der Waals surface area contributed by atoms with E-state index in [-0.39, 0.29) is 11.6 Å². The Labute approximate surface area is 161 Å². The van der Waals surface area contributed by atoms with E-state index in [9.17, 15) is 14.5 Å². The summed E-state index contributed by atoms with van der Waals surface area (Å²) in [5, 5.41) is 22.0. The zero-order valence-electron chi connectivity index (χ0n) is 15.5. The molecule has 0 bridgehead atoms. The Morgan fingerprint density at radius 3 is 2.48 bits per heavy atom. The third kappa shape index (κ3) is 5.35. The lowest BCUT2D eigenvalue weighted by molar-refractivity contribution is -0.0942. The molecule has 1 aromatic carbocycles. The highest BCUT2D eigenvalue weighted by Gasteiger charge is 2.49. The predicted octanol–water partition coefficient (Wildman–Crippen LogP) is 2.97. The second kappa shape index (κ2) is 9.24. The third-order valence-corrected chi connectivity index (χ3v) is 6.69. The number of rotatable bonds is 7. The summed E-state index contributed by atoms with van der Waals surface area (Å²) < 4.78 is 17.7. The molecule has 1 aliphatic heterocycles. The summed E-state index contributed by atoms with van der Waals surface area (Å²) in [6.45, 7) is 0.902. The van der Waals surface area contributed by atoms with E-state index < -0.39 is 25.9 Å². The van der Waals surface area contributed by atoms with Crippen LogP contribution in [-0.4, -0.2) is 46.8 Å².